The van der Waals surface area contributed by atoms with Crippen LogP contribution in [-0.2, 0) is 0 Å². The molecule has 7 heteroatoms. The van der Waals surface area contributed by atoms with Crippen molar-refractivity contribution in [1.29, 1.82) is 0 Å². The molecule has 6 nitrogen and oxygen atoms in total. The van der Waals surface area contributed by atoms with Crippen LogP contribution in [0.4, 0.5) is 11.5 Å². The third-order valence-electron chi connectivity index (χ3n) is 1.66. The largest absolute Gasteiger partial charge is 0.396 e. The molecule has 0 aliphatic rings. The van der Waals surface area contributed by atoms with E-state index in [1.807, 2.05) is 0 Å². The monoisotopic (exact) mass is 231 g/mol. The van der Waals surface area contributed by atoms with Crippen molar-refractivity contribution in [3.05, 3.63) is 27.4 Å². The molecule has 0 saturated carbocycles. The number of aliphatic hydroxyl groups excluding tert-OH is 1. The Hall–Kier alpha value is -1.40. The highest BCUT2D eigenvalue weighted by Gasteiger charge is 2.14. The first-order chi connectivity index (χ1) is 7.15. The molecule has 1 rings (SSSR count). The van der Waals surface area contributed by atoms with Crippen molar-refractivity contribution in [2.75, 3.05) is 18.5 Å². The van der Waals surface area contributed by atoms with E-state index in [1.165, 1.54) is 12.1 Å². The molecule has 0 fully saturated rings. The molecule has 2 N–H and O–H groups in total. The number of hydrogen-bond donors (Lipinski definition) is 2. The number of nitro groups is 1. The summed E-state index contributed by atoms with van der Waals surface area (Å²) in [6, 6.07) is 2.65. The molecule has 0 aliphatic carbocycles. The maximum Gasteiger partial charge on any atom is 0.311 e. The van der Waals surface area contributed by atoms with Gasteiger partial charge in [0.05, 0.1) is 4.92 Å². The van der Waals surface area contributed by atoms with E-state index >= 15 is 0 Å². The van der Waals surface area contributed by atoms with Crippen LogP contribution in [0, 0.1) is 10.1 Å². The molecule has 0 amide bonds. The smallest absolute Gasteiger partial charge is 0.311 e. The zero-order valence-corrected chi connectivity index (χ0v) is 8.57. The summed E-state index contributed by atoms with van der Waals surface area (Å²) in [5.41, 5.74) is -0.127. The highest BCUT2D eigenvalue weighted by molar-refractivity contribution is 6.29. The van der Waals surface area contributed by atoms with Crippen molar-refractivity contribution >= 4 is 23.1 Å². The number of aliphatic hydroxyl groups is 1. The fourth-order valence-corrected chi connectivity index (χ4v) is 1.14. The first kappa shape index (κ1) is 11.7. The minimum absolute atomic E-state index is 0.0152. The lowest BCUT2D eigenvalue weighted by Gasteiger charge is -2.04. The number of rotatable bonds is 5. The Labute approximate surface area is 91.0 Å². The Kier molecular flexibility index (Phi) is 4.26. The maximum atomic E-state index is 10.6. The molecule has 0 unspecified atom stereocenters. The van der Waals surface area contributed by atoms with Crippen molar-refractivity contribution in [2.45, 2.75) is 6.42 Å². The van der Waals surface area contributed by atoms with Crippen molar-refractivity contribution in [1.82, 2.24) is 4.98 Å². The zero-order chi connectivity index (χ0) is 11.3. The van der Waals surface area contributed by atoms with Crippen LogP contribution in [0.15, 0.2) is 12.1 Å². The standard InChI is InChI=1S/C8H10ClN3O3/c9-7-3-2-6(12(14)15)8(11-7)10-4-1-5-13/h2-3,13H,1,4-5H2,(H,10,11). The van der Waals surface area contributed by atoms with Crippen LogP contribution in [0.2, 0.25) is 5.15 Å². The van der Waals surface area contributed by atoms with Gasteiger partial charge in [-0.3, -0.25) is 10.1 Å². The van der Waals surface area contributed by atoms with Crippen LogP contribution >= 0.6 is 11.6 Å². The Morgan fingerprint density at radius 2 is 2.33 bits per heavy atom. The second-order valence-electron chi connectivity index (χ2n) is 2.76. The molecular weight excluding hydrogens is 222 g/mol. The first-order valence-electron chi connectivity index (χ1n) is 4.31. The molecule has 0 atom stereocenters. The predicted molar refractivity (Wildman–Crippen MR) is 56.1 cm³/mol. The molecule has 0 radical (unpaired) electrons. The van der Waals surface area contributed by atoms with Crippen molar-refractivity contribution < 1.29 is 10.0 Å². The highest BCUT2D eigenvalue weighted by Crippen LogP contribution is 2.23. The second kappa shape index (κ2) is 5.47. The van der Waals surface area contributed by atoms with Gasteiger partial charge in [-0.2, -0.15) is 0 Å². The summed E-state index contributed by atoms with van der Waals surface area (Å²) in [4.78, 5) is 13.9. The van der Waals surface area contributed by atoms with Gasteiger partial charge in [-0.25, -0.2) is 4.98 Å². The average Bonchev–Trinajstić information content (AvgIpc) is 2.18. The minimum Gasteiger partial charge on any atom is -0.396 e. The van der Waals surface area contributed by atoms with E-state index in [1.54, 1.807) is 0 Å². The van der Waals surface area contributed by atoms with Gasteiger partial charge in [0.2, 0.25) is 5.82 Å². The van der Waals surface area contributed by atoms with Crippen LogP contribution < -0.4 is 5.32 Å². The molecule has 0 bridgehead atoms. The van der Waals surface area contributed by atoms with Gasteiger partial charge in [-0.15, -0.1) is 0 Å². The van der Waals surface area contributed by atoms with E-state index in [0.29, 0.717) is 13.0 Å². The van der Waals surface area contributed by atoms with Gasteiger partial charge < -0.3 is 10.4 Å². The summed E-state index contributed by atoms with van der Waals surface area (Å²) in [5, 5.41) is 22.1. The Morgan fingerprint density at radius 1 is 1.60 bits per heavy atom. The van der Waals surface area contributed by atoms with Gasteiger partial charge in [0.25, 0.3) is 0 Å². The zero-order valence-electron chi connectivity index (χ0n) is 7.81. The molecule has 1 aromatic rings. The quantitative estimate of drug-likeness (QED) is 0.346. The Bertz CT molecular complexity index is 359. The van der Waals surface area contributed by atoms with Gasteiger partial charge in [0, 0.05) is 19.2 Å². The third kappa shape index (κ3) is 3.34. The molecule has 0 aromatic carbocycles. The molecule has 0 spiro atoms. The summed E-state index contributed by atoms with van der Waals surface area (Å²) >= 11 is 5.61. The first-order valence-corrected chi connectivity index (χ1v) is 4.68. The maximum absolute atomic E-state index is 10.6. The minimum atomic E-state index is -0.537. The number of pyridine rings is 1. The van der Waals surface area contributed by atoms with E-state index < -0.39 is 4.92 Å². The highest BCUT2D eigenvalue weighted by atomic mass is 35.5. The molecule has 82 valence electrons. The summed E-state index contributed by atoms with van der Waals surface area (Å²) < 4.78 is 0. The lowest BCUT2D eigenvalue weighted by Crippen LogP contribution is -2.07. The predicted octanol–water partition coefficient (Wildman–Crippen LogP) is 1.44. The summed E-state index contributed by atoms with van der Waals surface area (Å²) in [6.45, 7) is 0.423. The van der Waals surface area contributed by atoms with Crippen molar-refractivity contribution in [3.63, 3.8) is 0 Å². The van der Waals surface area contributed by atoms with Gasteiger partial charge in [-0.05, 0) is 12.5 Å². The third-order valence-corrected chi connectivity index (χ3v) is 1.87. The number of aromatic nitrogens is 1. The van der Waals surface area contributed by atoms with Crippen molar-refractivity contribution in [3.8, 4) is 0 Å². The van der Waals surface area contributed by atoms with Crippen LogP contribution in [0.5, 0.6) is 0 Å². The number of anilines is 1. The molecular formula is C8H10ClN3O3. The fraction of sp³-hybridized carbons (Fsp3) is 0.375. The normalized spacial score (nSPS) is 10.0. The van der Waals surface area contributed by atoms with Gasteiger partial charge in [0.1, 0.15) is 5.15 Å². The van der Waals surface area contributed by atoms with Crippen molar-refractivity contribution in [2.24, 2.45) is 0 Å². The molecule has 0 saturated heterocycles. The van der Waals surface area contributed by atoms with Gasteiger partial charge in [-0.1, -0.05) is 11.6 Å². The van der Waals surface area contributed by atoms with E-state index in [0.717, 1.165) is 0 Å². The SMILES string of the molecule is O=[N+]([O-])c1ccc(Cl)nc1NCCCO. The lowest BCUT2D eigenvalue weighted by molar-refractivity contribution is -0.384. The molecule has 1 aromatic heterocycles. The van der Waals surface area contributed by atoms with Crippen LogP contribution in [0.25, 0.3) is 0 Å². The summed E-state index contributed by atoms with van der Waals surface area (Å²) in [7, 11) is 0. The average molecular weight is 232 g/mol. The summed E-state index contributed by atoms with van der Waals surface area (Å²) in [6.07, 6.45) is 0.491. The number of nitrogens with zero attached hydrogens (tertiary/aromatic N) is 2. The van der Waals surface area contributed by atoms with Crippen LogP contribution in [0.3, 0.4) is 0 Å². The topological polar surface area (TPSA) is 88.3 Å². The van der Waals surface area contributed by atoms with E-state index in [-0.39, 0.29) is 23.3 Å². The molecule has 0 aliphatic heterocycles. The van der Waals surface area contributed by atoms with Gasteiger partial charge >= 0.3 is 5.69 Å². The van der Waals surface area contributed by atoms with E-state index in [2.05, 4.69) is 10.3 Å². The van der Waals surface area contributed by atoms with E-state index in [9.17, 15) is 10.1 Å². The number of nitrogens with one attached hydrogen (secondary N) is 1. The second-order valence-corrected chi connectivity index (χ2v) is 3.15. The number of hydrogen-bond acceptors (Lipinski definition) is 5. The molecule has 1 heterocycles. The van der Waals surface area contributed by atoms with Crippen LogP contribution in [-0.4, -0.2) is 28.2 Å². The Balaban J connectivity index is 2.82. The van der Waals surface area contributed by atoms with Crippen LogP contribution in [0.1, 0.15) is 6.42 Å². The molecule has 15 heavy (non-hydrogen) atoms. The van der Waals surface area contributed by atoms with E-state index in [4.69, 9.17) is 16.7 Å². The number of halogens is 1. The van der Waals surface area contributed by atoms with Gasteiger partial charge in [0.15, 0.2) is 0 Å². The Morgan fingerprint density at radius 3 is 2.93 bits per heavy atom. The summed E-state index contributed by atoms with van der Waals surface area (Å²) in [5.74, 6) is 0.126. The fourth-order valence-electron chi connectivity index (χ4n) is 0.991. The lowest BCUT2D eigenvalue weighted by atomic mass is 10.3.